The number of rotatable bonds is 7. The standard InChI is InChI=1S/C23H12Cl2N4O8/c24-13-6-9-15(17(25)10-13)21(31)26(11-19(30)12-4-7-14(8-5-12)28(34)35)27-22(32)16-2-1-3-18(29(36)37)20(16)23(27)33/h1-10H,11H2. The van der Waals surface area contributed by atoms with Gasteiger partial charge in [0.2, 0.25) is 0 Å². The number of non-ortho nitro benzene ring substituents is 1. The molecule has 0 N–H and O–H groups in total. The van der Waals surface area contributed by atoms with Crippen LogP contribution in [-0.4, -0.2) is 49.9 Å². The van der Waals surface area contributed by atoms with Crippen LogP contribution in [0.25, 0.3) is 0 Å². The molecular formula is C23H12Cl2N4O8. The van der Waals surface area contributed by atoms with Crippen LogP contribution >= 0.6 is 23.2 Å². The van der Waals surface area contributed by atoms with E-state index >= 15 is 0 Å². The molecule has 1 aliphatic heterocycles. The van der Waals surface area contributed by atoms with Gasteiger partial charge in [0.25, 0.3) is 29.1 Å². The molecule has 0 saturated heterocycles. The molecule has 186 valence electrons. The fourth-order valence-electron chi connectivity index (χ4n) is 3.66. The van der Waals surface area contributed by atoms with E-state index in [1.54, 1.807) is 0 Å². The molecule has 0 bridgehead atoms. The summed E-state index contributed by atoms with van der Waals surface area (Å²) in [4.78, 5) is 73.9. The van der Waals surface area contributed by atoms with Crippen LogP contribution in [0.2, 0.25) is 10.0 Å². The van der Waals surface area contributed by atoms with Crippen molar-refractivity contribution in [3.05, 3.63) is 113 Å². The minimum Gasteiger partial charge on any atom is -0.292 e. The number of hydrogen-bond donors (Lipinski definition) is 0. The monoisotopic (exact) mass is 542 g/mol. The number of benzene rings is 3. The van der Waals surface area contributed by atoms with Crippen LogP contribution in [-0.2, 0) is 0 Å². The zero-order chi connectivity index (χ0) is 27.0. The zero-order valence-corrected chi connectivity index (χ0v) is 19.8. The molecule has 3 aromatic rings. The fourth-order valence-corrected chi connectivity index (χ4v) is 4.15. The van der Waals surface area contributed by atoms with Crippen molar-refractivity contribution in [3.8, 4) is 0 Å². The number of hydrazine groups is 1. The summed E-state index contributed by atoms with van der Waals surface area (Å²) < 4.78 is 0. The average Bonchev–Trinajstić information content (AvgIpc) is 3.11. The number of carbonyl (C=O) groups is 4. The van der Waals surface area contributed by atoms with Gasteiger partial charge in [-0.3, -0.25) is 39.4 Å². The van der Waals surface area contributed by atoms with Crippen LogP contribution in [0.3, 0.4) is 0 Å². The number of nitro benzene ring substituents is 2. The molecule has 0 unspecified atom stereocenters. The normalized spacial score (nSPS) is 12.3. The first kappa shape index (κ1) is 25.4. The van der Waals surface area contributed by atoms with E-state index in [9.17, 15) is 39.4 Å². The van der Waals surface area contributed by atoms with Crippen molar-refractivity contribution in [1.82, 2.24) is 10.0 Å². The van der Waals surface area contributed by atoms with Gasteiger partial charge < -0.3 is 0 Å². The lowest BCUT2D eigenvalue weighted by Crippen LogP contribution is -2.51. The van der Waals surface area contributed by atoms with Gasteiger partial charge in [-0.2, -0.15) is 5.01 Å². The summed E-state index contributed by atoms with van der Waals surface area (Å²) in [6.45, 7) is -0.880. The van der Waals surface area contributed by atoms with E-state index in [0.717, 1.165) is 30.3 Å². The highest BCUT2D eigenvalue weighted by Crippen LogP contribution is 2.33. The number of halogens is 2. The van der Waals surface area contributed by atoms with E-state index in [2.05, 4.69) is 0 Å². The summed E-state index contributed by atoms with van der Waals surface area (Å²) in [6, 6.07) is 11.6. The summed E-state index contributed by atoms with van der Waals surface area (Å²) in [5.74, 6) is -4.10. The topological polar surface area (TPSA) is 161 Å². The van der Waals surface area contributed by atoms with E-state index in [4.69, 9.17) is 23.2 Å². The largest absolute Gasteiger partial charge is 0.292 e. The number of imide groups is 1. The van der Waals surface area contributed by atoms with E-state index in [0.29, 0.717) is 10.0 Å². The van der Waals surface area contributed by atoms with Gasteiger partial charge in [-0.05, 0) is 36.4 Å². The fraction of sp³-hybridized carbons (Fsp3) is 0.0435. The number of nitro groups is 2. The molecule has 0 fully saturated rings. The first-order valence-corrected chi connectivity index (χ1v) is 11.0. The second-order valence-electron chi connectivity index (χ2n) is 7.59. The molecule has 0 spiro atoms. The quantitative estimate of drug-likeness (QED) is 0.184. The molecule has 3 amide bonds. The molecule has 0 radical (unpaired) electrons. The first-order chi connectivity index (χ1) is 17.5. The lowest BCUT2D eigenvalue weighted by molar-refractivity contribution is -0.385. The van der Waals surface area contributed by atoms with Crippen molar-refractivity contribution in [1.29, 1.82) is 0 Å². The van der Waals surface area contributed by atoms with E-state index in [-0.39, 0.29) is 32.4 Å². The molecule has 37 heavy (non-hydrogen) atoms. The number of Topliss-reactive ketones (excluding diaryl/α,β-unsaturated/α-hetero) is 1. The van der Waals surface area contributed by atoms with Crippen LogP contribution < -0.4 is 0 Å². The molecule has 3 aromatic carbocycles. The maximum absolute atomic E-state index is 13.5. The number of ketones is 1. The Morgan fingerprint density at radius 1 is 0.892 bits per heavy atom. The highest BCUT2D eigenvalue weighted by Gasteiger charge is 2.46. The Labute approximate surface area is 216 Å². The smallest absolute Gasteiger partial charge is 0.287 e. The molecule has 12 nitrogen and oxygen atoms in total. The number of carbonyl (C=O) groups excluding carboxylic acids is 4. The van der Waals surface area contributed by atoms with Gasteiger partial charge in [-0.1, -0.05) is 29.3 Å². The van der Waals surface area contributed by atoms with Gasteiger partial charge in [0.05, 0.1) is 26.0 Å². The Morgan fingerprint density at radius 2 is 1.57 bits per heavy atom. The second kappa shape index (κ2) is 9.76. The number of hydrogen-bond acceptors (Lipinski definition) is 8. The molecule has 0 aromatic heterocycles. The molecule has 14 heteroatoms. The summed E-state index contributed by atoms with van der Waals surface area (Å²) >= 11 is 12.0. The summed E-state index contributed by atoms with van der Waals surface area (Å²) in [5.41, 5.74) is -2.09. The average molecular weight is 543 g/mol. The van der Waals surface area contributed by atoms with Gasteiger partial charge in [-0.25, -0.2) is 5.01 Å². The van der Waals surface area contributed by atoms with Gasteiger partial charge in [0, 0.05) is 28.8 Å². The summed E-state index contributed by atoms with van der Waals surface area (Å²) in [6.07, 6.45) is 0. The molecule has 0 aliphatic carbocycles. The number of amides is 3. The van der Waals surface area contributed by atoms with Gasteiger partial charge >= 0.3 is 0 Å². The maximum atomic E-state index is 13.5. The van der Waals surface area contributed by atoms with Gasteiger partial charge in [0.1, 0.15) is 12.1 Å². The van der Waals surface area contributed by atoms with Crippen molar-refractivity contribution in [2.24, 2.45) is 0 Å². The maximum Gasteiger partial charge on any atom is 0.287 e. The summed E-state index contributed by atoms with van der Waals surface area (Å²) in [5, 5.41) is 23.3. The molecule has 4 rings (SSSR count). The Morgan fingerprint density at radius 3 is 2.16 bits per heavy atom. The SMILES string of the molecule is O=C(CN(C(=O)c1ccc(Cl)cc1Cl)N1C(=O)c2cccc([N+](=O)[O-])c2C1=O)c1ccc([N+](=O)[O-])cc1. The van der Waals surface area contributed by atoms with Crippen LogP contribution in [0.5, 0.6) is 0 Å². The minimum atomic E-state index is -1.19. The van der Waals surface area contributed by atoms with Gasteiger partial charge in [-0.15, -0.1) is 0 Å². The predicted octanol–water partition coefficient (Wildman–Crippen LogP) is 4.35. The van der Waals surface area contributed by atoms with Crippen molar-refractivity contribution in [2.75, 3.05) is 6.54 Å². The molecule has 1 aliphatic rings. The predicted molar refractivity (Wildman–Crippen MR) is 129 cm³/mol. The molecule has 0 saturated carbocycles. The number of fused-ring (bicyclic) bond motifs is 1. The highest BCUT2D eigenvalue weighted by molar-refractivity contribution is 6.37. The lowest BCUT2D eigenvalue weighted by Gasteiger charge is -2.29. The lowest BCUT2D eigenvalue weighted by atomic mass is 10.1. The third kappa shape index (κ3) is 4.62. The minimum absolute atomic E-state index is 0.0619. The van der Waals surface area contributed by atoms with Crippen LogP contribution in [0.1, 0.15) is 41.4 Å². The zero-order valence-electron chi connectivity index (χ0n) is 18.3. The van der Waals surface area contributed by atoms with E-state index in [1.165, 1.54) is 30.3 Å². The van der Waals surface area contributed by atoms with Gasteiger partial charge in [0.15, 0.2) is 5.78 Å². The van der Waals surface area contributed by atoms with Crippen molar-refractivity contribution in [3.63, 3.8) is 0 Å². The summed E-state index contributed by atoms with van der Waals surface area (Å²) in [7, 11) is 0. The third-order valence-corrected chi connectivity index (χ3v) is 5.95. The molecular weight excluding hydrogens is 531 g/mol. The highest BCUT2D eigenvalue weighted by atomic mass is 35.5. The van der Waals surface area contributed by atoms with Crippen LogP contribution in [0.15, 0.2) is 60.7 Å². The van der Waals surface area contributed by atoms with Crippen molar-refractivity contribution >= 4 is 58.1 Å². The van der Waals surface area contributed by atoms with Crippen molar-refractivity contribution < 1.29 is 29.0 Å². The van der Waals surface area contributed by atoms with Crippen LogP contribution in [0.4, 0.5) is 11.4 Å². The van der Waals surface area contributed by atoms with Crippen molar-refractivity contribution in [2.45, 2.75) is 0 Å². The van der Waals surface area contributed by atoms with E-state index < -0.39 is 51.1 Å². The Balaban J connectivity index is 1.78. The Hall–Kier alpha value is -4.68. The molecule has 1 heterocycles. The molecule has 0 atom stereocenters. The van der Waals surface area contributed by atoms with E-state index in [1.807, 2.05) is 0 Å². The Kier molecular flexibility index (Phi) is 6.70. The first-order valence-electron chi connectivity index (χ1n) is 10.2. The Bertz CT molecular complexity index is 1520. The number of nitrogens with zero attached hydrogens (tertiary/aromatic N) is 4. The second-order valence-corrected chi connectivity index (χ2v) is 8.44. The van der Waals surface area contributed by atoms with Crippen LogP contribution in [0, 0.1) is 20.2 Å². The third-order valence-electron chi connectivity index (χ3n) is 5.40.